The minimum absolute atomic E-state index is 0.000256. The first-order chi connectivity index (χ1) is 15.2. The molecule has 9 heteroatoms. The van der Waals surface area contributed by atoms with Crippen molar-refractivity contribution in [3.8, 4) is 5.75 Å². The van der Waals surface area contributed by atoms with Crippen molar-refractivity contribution in [2.75, 3.05) is 26.2 Å². The van der Waals surface area contributed by atoms with Gasteiger partial charge in [0.15, 0.2) is 0 Å². The lowest BCUT2D eigenvalue weighted by molar-refractivity contribution is -0.169. The summed E-state index contributed by atoms with van der Waals surface area (Å²) in [5.41, 5.74) is 3.15. The van der Waals surface area contributed by atoms with Gasteiger partial charge in [0, 0.05) is 25.9 Å². The Labute approximate surface area is 186 Å². The fraction of sp³-hybridized carbons (Fsp3) is 0.391. The van der Waals surface area contributed by atoms with Crippen LogP contribution >= 0.6 is 0 Å². The number of likely N-dealkylation sites (tertiary alicyclic amines) is 1. The Balaban J connectivity index is 1.54. The third kappa shape index (κ3) is 4.22. The number of sulfone groups is 1. The molecule has 0 aromatic heterocycles. The Morgan fingerprint density at radius 2 is 1.94 bits per heavy atom. The van der Waals surface area contributed by atoms with Crippen LogP contribution in [-0.4, -0.2) is 61.5 Å². The predicted molar refractivity (Wildman–Crippen MR) is 115 cm³/mol. The molecule has 0 aliphatic carbocycles. The molecule has 2 aliphatic rings. The van der Waals surface area contributed by atoms with E-state index in [0.29, 0.717) is 26.1 Å². The van der Waals surface area contributed by atoms with E-state index in [2.05, 4.69) is 6.07 Å². The van der Waals surface area contributed by atoms with Gasteiger partial charge in [-0.2, -0.15) is 0 Å². The molecule has 0 spiro atoms. The average molecular weight is 460 g/mol. The van der Waals surface area contributed by atoms with Crippen LogP contribution in [0.4, 0.5) is 0 Å². The molecule has 170 valence electrons. The number of hydrogen-bond acceptors (Lipinski definition) is 7. The smallest absolute Gasteiger partial charge is 0.418 e. The summed E-state index contributed by atoms with van der Waals surface area (Å²) < 4.78 is 37.6. The molecule has 0 amide bonds. The van der Waals surface area contributed by atoms with E-state index in [1.54, 1.807) is 12.1 Å². The van der Waals surface area contributed by atoms with Gasteiger partial charge in [0.2, 0.25) is 14.8 Å². The van der Waals surface area contributed by atoms with Gasteiger partial charge in [-0.25, -0.2) is 18.0 Å². The molecule has 2 heterocycles. The van der Waals surface area contributed by atoms with Crippen LogP contribution in [0, 0.1) is 6.92 Å². The van der Waals surface area contributed by atoms with Crippen molar-refractivity contribution in [2.45, 2.75) is 36.0 Å². The molecule has 1 fully saturated rings. The molecule has 0 radical (unpaired) electrons. The maximum Gasteiger partial charge on any atom is 0.418 e. The Morgan fingerprint density at radius 1 is 1.19 bits per heavy atom. The number of benzene rings is 2. The van der Waals surface area contributed by atoms with E-state index < -0.39 is 26.7 Å². The summed E-state index contributed by atoms with van der Waals surface area (Å²) in [5.74, 6) is -2.48. The number of nitrogens with zero attached hydrogens (tertiary/aromatic N) is 1. The molecule has 0 bridgehead atoms. The van der Waals surface area contributed by atoms with Crippen molar-refractivity contribution in [3.63, 3.8) is 0 Å². The van der Waals surface area contributed by atoms with E-state index in [1.807, 2.05) is 24.0 Å². The van der Waals surface area contributed by atoms with Crippen molar-refractivity contribution >= 4 is 21.8 Å². The highest BCUT2D eigenvalue weighted by Gasteiger charge is 2.53. The van der Waals surface area contributed by atoms with E-state index in [9.17, 15) is 18.0 Å². The summed E-state index contributed by atoms with van der Waals surface area (Å²) >= 11 is 0. The van der Waals surface area contributed by atoms with Gasteiger partial charge in [-0.05, 0) is 42.7 Å². The summed E-state index contributed by atoms with van der Waals surface area (Å²) in [6.07, 6.45) is 1.55. The van der Waals surface area contributed by atoms with Gasteiger partial charge in [0.05, 0.1) is 18.0 Å². The number of carbonyl (C=O) groups excluding carboxylic acids is 1. The number of carboxylic acid groups (broad SMARTS) is 1. The Hall–Kier alpha value is -2.91. The van der Waals surface area contributed by atoms with E-state index in [-0.39, 0.29) is 17.9 Å². The number of aliphatic carboxylic acids is 1. The summed E-state index contributed by atoms with van der Waals surface area (Å²) in [4.78, 5) is 23.0. The van der Waals surface area contributed by atoms with Crippen molar-refractivity contribution in [3.05, 3.63) is 59.2 Å². The summed E-state index contributed by atoms with van der Waals surface area (Å²) in [7, 11) is -4.13. The minimum Gasteiger partial charge on any atom is -0.493 e. The van der Waals surface area contributed by atoms with Crippen LogP contribution in [0.1, 0.15) is 23.1 Å². The molecular weight excluding hydrogens is 434 g/mol. The third-order valence-corrected chi connectivity index (χ3v) is 8.31. The molecule has 2 aromatic rings. The monoisotopic (exact) mass is 459 g/mol. The normalized spacial score (nSPS) is 20.5. The lowest BCUT2D eigenvalue weighted by Gasteiger charge is -2.28. The fourth-order valence-electron chi connectivity index (χ4n) is 4.20. The second-order valence-corrected chi connectivity index (χ2v) is 10.5. The molecule has 0 unspecified atom stereocenters. The summed E-state index contributed by atoms with van der Waals surface area (Å²) in [6.45, 7) is 3.34. The molecule has 2 aliphatic heterocycles. The first kappa shape index (κ1) is 22.3. The average Bonchev–Trinajstić information content (AvgIpc) is 3.40. The van der Waals surface area contributed by atoms with Gasteiger partial charge < -0.3 is 14.6 Å². The molecule has 1 N–H and O–H groups in total. The SMILES string of the molecule is Cc1ccc(S(=O)(=O)[C@@]2(OC(=O)C(=O)O)CCN(CCc3ccc4c(c3)CCO4)C2)cc1. The zero-order valence-corrected chi connectivity index (χ0v) is 18.6. The van der Waals surface area contributed by atoms with Gasteiger partial charge in [0.25, 0.3) is 0 Å². The van der Waals surface area contributed by atoms with Crippen molar-refractivity contribution in [2.24, 2.45) is 0 Å². The summed E-state index contributed by atoms with van der Waals surface area (Å²) in [6, 6.07) is 12.3. The lowest BCUT2D eigenvalue weighted by Crippen LogP contribution is -2.47. The highest BCUT2D eigenvalue weighted by molar-refractivity contribution is 7.92. The Kier molecular flexibility index (Phi) is 5.96. The number of carbonyl (C=O) groups is 2. The molecule has 0 saturated carbocycles. The second-order valence-electron chi connectivity index (χ2n) is 8.24. The number of hydrogen-bond donors (Lipinski definition) is 1. The maximum absolute atomic E-state index is 13.5. The fourth-order valence-corrected chi connectivity index (χ4v) is 6.02. The number of rotatable bonds is 6. The summed E-state index contributed by atoms with van der Waals surface area (Å²) in [5, 5.41) is 9.03. The van der Waals surface area contributed by atoms with Crippen molar-refractivity contribution in [1.29, 1.82) is 0 Å². The molecule has 8 nitrogen and oxygen atoms in total. The van der Waals surface area contributed by atoms with Crippen LogP contribution in [0.5, 0.6) is 5.75 Å². The highest BCUT2D eigenvalue weighted by Crippen LogP contribution is 2.36. The number of ether oxygens (including phenoxy) is 2. The van der Waals surface area contributed by atoms with Crippen LogP contribution in [0.15, 0.2) is 47.4 Å². The van der Waals surface area contributed by atoms with Crippen LogP contribution in [0.25, 0.3) is 0 Å². The van der Waals surface area contributed by atoms with Crippen molar-refractivity contribution < 1.29 is 32.6 Å². The van der Waals surface area contributed by atoms with Gasteiger partial charge in [-0.1, -0.05) is 29.8 Å². The highest BCUT2D eigenvalue weighted by atomic mass is 32.2. The Bertz CT molecular complexity index is 1140. The number of aryl methyl sites for hydroxylation is 1. The van der Waals surface area contributed by atoms with Crippen molar-refractivity contribution in [1.82, 2.24) is 4.90 Å². The van der Waals surface area contributed by atoms with Gasteiger partial charge in [-0.15, -0.1) is 0 Å². The number of fused-ring (bicyclic) bond motifs is 1. The first-order valence-corrected chi connectivity index (χ1v) is 11.9. The van der Waals surface area contributed by atoms with Crippen LogP contribution in [0.2, 0.25) is 0 Å². The molecule has 2 aromatic carbocycles. The van der Waals surface area contributed by atoms with Gasteiger partial charge in [-0.3, -0.25) is 4.90 Å². The molecule has 1 atom stereocenters. The maximum atomic E-state index is 13.5. The molecular formula is C23H25NO7S. The van der Waals surface area contributed by atoms with E-state index in [1.165, 1.54) is 12.1 Å². The number of esters is 1. The zero-order valence-electron chi connectivity index (χ0n) is 17.7. The third-order valence-electron chi connectivity index (χ3n) is 6.02. The minimum atomic E-state index is -4.13. The topological polar surface area (TPSA) is 110 Å². The van der Waals surface area contributed by atoms with Gasteiger partial charge in [0.1, 0.15) is 5.75 Å². The zero-order chi connectivity index (χ0) is 22.9. The van der Waals surface area contributed by atoms with E-state index in [0.717, 1.165) is 28.9 Å². The van der Waals surface area contributed by atoms with E-state index >= 15 is 0 Å². The van der Waals surface area contributed by atoms with Crippen LogP contribution < -0.4 is 4.74 Å². The van der Waals surface area contributed by atoms with E-state index in [4.69, 9.17) is 14.6 Å². The van der Waals surface area contributed by atoms with Crippen LogP contribution in [-0.2, 0) is 37.0 Å². The second kappa shape index (κ2) is 8.55. The molecule has 32 heavy (non-hydrogen) atoms. The first-order valence-electron chi connectivity index (χ1n) is 10.4. The van der Waals surface area contributed by atoms with Crippen LogP contribution in [0.3, 0.4) is 0 Å². The quantitative estimate of drug-likeness (QED) is 0.516. The molecule has 1 saturated heterocycles. The number of carboxylic acids is 1. The molecule has 4 rings (SSSR count). The lowest BCUT2D eigenvalue weighted by atomic mass is 10.1. The standard InChI is InChI=1S/C23H25NO7S/c1-16-2-5-19(6-3-16)32(28,29)23(31-22(27)21(25)26)10-12-24(15-23)11-8-17-4-7-20-18(14-17)9-13-30-20/h2-7,14H,8-13,15H2,1H3,(H,25,26)/t23-/m0/s1. The predicted octanol–water partition coefficient (Wildman–Crippen LogP) is 1.98. The largest absolute Gasteiger partial charge is 0.493 e. The Morgan fingerprint density at radius 3 is 2.66 bits per heavy atom. The van der Waals surface area contributed by atoms with Gasteiger partial charge >= 0.3 is 11.9 Å².